The summed E-state index contributed by atoms with van der Waals surface area (Å²) in [5, 5.41) is 7.22. The number of nitrogens with one attached hydrogen (secondary N) is 3. The predicted molar refractivity (Wildman–Crippen MR) is 98.2 cm³/mol. The zero-order valence-electron chi connectivity index (χ0n) is 13.9. The third-order valence-electron chi connectivity index (χ3n) is 4.37. The summed E-state index contributed by atoms with van der Waals surface area (Å²) in [7, 11) is 0. The summed E-state index contributed by atoms with van der Waals surface area (Å²) in [4.78, 5) is 15.8. The summed E-state index contributed by atoms with van der Waals surface area (Å²) >= 11 is 0. The second-order valence-electron chi connectivity index (χ2n) is 6.31. The lowest BCUT2D eigenvalue weighted by Crippen LogP contribution is -1.80. The van der Waals surface area contributed by atoms with Crippen molar-refractivity contribution in [1.29, 1.82) is 0 Å². The van der Waals surface area contributed by atoms with E-state index in [-0.39, 0.29) is 0 Å². The van der Waals surface area contributed by atoms with Gasteiger partial charge in [-0.2, -0.15) is 5.10 Å². The highest BCUT2D eigenvalue weighted by Gasteiger charge is 2.10. The minimum atomic E-state index is 0.774. The summed E-state index contributed by atoms with van der Waals surface area (Å²) < 4.78 is 0. The molecule has 0 aliphatic rings. The molecule has 3 N–H and O–H groups in total. The van der Waals surface area contributed by atoms with Gasteiger partial charge in [0.1, 0.15) is 11.5 Å². The van der Waals surface area contributed by atoms with Crippen LogP contribution in [0.1, 0.15) is 11.5 Å². The highest BCUT2D eigenvalue weighted by atomic mass is 15.1. The zero-order chi connectivity index (χ0) is 17.0. The van der Waals surface area contributed by atoms with Crippen molar-refractivity contribution in [3.8, 4) is 22.6 Å². The Labute approximate surface area is 143 Å². The molecule has 25 heavy (non-hydrogen) atoms. The number of hydrogen-bond acceptors (Lipinski definition) is 3. The molecule has 0 saturated carbocycles. The molecule has 0 spiro atoms. The summed E-state index contributed by atoms with van der Waals surface area (Å²) in [5.74, 6) is 1.70. The minimum Gasteiger partial charge on any atom is -0.342 e. The van der Waals surface area contributed by atoms with Crippen LogP contribution in [0.15, 0.2) is 42.5 Å². The molecule has 0 aliphatic heterocycles. The third kappa shape index (κ3) is 2.30. The number of aryl methyl sites for hydroxylation is 2. The maximum Gasteiger partial charge on any atom is 0.159 e. The normalized spacial score (nSPS) is 11.6. The highest BCUT2D eigenvalue weighted by molar-refractivity contribution is 5.87. The molecule has 5 aromatic rings. The van der Waals surface area contributed by atoms with Crippen molar-refractivity contribution in [3.05, 3.63) is 54.0 Å². The maximum atomic E-state index is 4.69. The van der Waals surface area contributed by atoms with Crippen molar-refractivity contribution in [1.82, 2.24) is 30.1 Å². The van der Waals surface area contributed by atoms with E-state index in [4.69, 9.17) is 4.98 Å². The van der Waals surface area contributed by atoms with Crippen LogP contribution in [0.3, 0.4) is 0 Å². The molecule has 3 aromatic heterocycles. The quantitative estimate of drug-likeness (QED) is 0.456. The van der Waals surface area contributed by atoms with E-state index in [9.17, 15) is 0 Å². The van der Waals surface area contributed by atoms with Gasteiger partial charge in [0, 0.05) is 5.69 Å². The molecule has 6 heteroatoms. The molecule has 0 radical (unpaired) electrons. The van der Waals surface area contributed by atoms with E-state index >= 15 is 0 Å². The fourth-order valence-electron chi connectivity index (χ4n) is 3.16. The first-order chi connectivity index (χ1) is 12.2. The third-order valence-corrected chi connectivity index (χ3v) is 4.37. The van der Waals surface area contributed by atoms with Gasteiger partial charge in [-0.3, -0.25) is 5.10 Å². The lowest BCUT2D eigenvalue weighted by molar-refractivity contribution is 1.04. The molecule has 0 saturated heterocycles. The van der Waals surface area contributed by atoms with Gasteiger partial charge < -0.3 is 9.97 Å². The number of nitrogens with zero attached hydrogens (tertiary/aromatic N) is 3. The number of imidazole rings is 2. The van der Waals surface area contributed by atoms with Gasteiger partial charge in [-0.15, -0.1) is 0 Å². The Bertz CT molecular complexity index is 1220. The van der Waals surface area contributed by atoms with Gasteiger partial charge in [0.25, 0.3) is 0 Å². The number of hydrogen-bond donors (Lipinski definition) is 3. The van der Waals surface area contributed by atoms with Gasteiger partial charge >= 0.3 is 0 Å². The van der Waals surface area contributed by atoms with Crippen LogP contribution >= 0.6 is 0 Å². The smallest absolute Gasteiger partial charge is 0.159 e. The predicted octanol–water partition coefficient (Wildman–Crippen LogP) is 4.11. The van der Waals surface area contributed by atoms with E-state index in [1.807, 2.05) is 26.0 Å². The Hall–Kier alpha value is -3.41. The lowest BCUT2D eigenvalue weighted by Gasteiger charge is -2.01. The van der Waals surface area contributed by atoms with Crippen molar-refractivity contribution in [2.24, 2.45) is 0 Å². The Balaban J connectivity index is 1.61. The van der Waals surface area contributed by atoms with Crippen LogP contribution in [0.5, 0.6) is 0 Å². The van der Waals surface area contributed by atoms with E-state index < -0.39 is 0 Å². The van der Waals surface area contributed by atoms with Gasteiger partial charge in [0.05, 0.1) is 22.1 Å². The highest BCUT2D eigenvalue weighted by Crippen LogP contribution is 2.27. The molecular weight excluding hydrogens is 312 g/mol. The molecule has 6 nitrogen and oxygen atoms in total. The molecule has 0 aliphatic carbocycles. The van der Waals surface area contributed by atoms with Gasteiger partial charge in [0.2, 0.25) is 0 Å². The molecule has 5 rings (SSSR count). The average Bonchev–Trinajstić information content (AvgIpc) is 3.29. The first-order valence-electron chi connectivity index (χ1n) is 8.15. The maximum absolute atomic E-state index is 4.69. The van der Waals surface area contributed by atoms with Crippen molar-refractivity contribution in [3.63, 3.8) is 0 Å². The number of aromatic nitrogens is 6. The van der Waals surface area contributed by atoms with Crippen LogP contribution in [-0.2, 0) is 0 Å². The first kappa shape index (κ1) is 14.0. The van der Waals surface area contributed by atoms with Crippen LogP contribution in [-0.4, -0.2) is 30.1 Å². The largest absolute Gasteiger partial charge is 0.342 e. The van der Waals surface area contributed by atoms with Crippen molar-refractivity contribution in [2.45, 2.75) is 13.8 Å². The summed E-state index contributed by atoms with van der Waals surface area (Å²) in [6.07, 6.45) is 0. The first-order valence-corrected chi connectivity index (χ1v) is 8.15. The van der Waals surface area contributed by atoms with Gasteiger partial charge in [-0.05, 0) is 55.3 Å². The van der Waals surface area contributed by atoms with Crippen molar-refractivity contribution < 1.29 is 0 Å². The lowest BCUT2D eigenvalue weighted by atomic mass is 10.0. The van der Waals surface area contributed by atoms with E-state index in [1.54, 1.807) is 0 Å². The zero-order valence-corrected chi connectivity index (χ0v) is 13.9. The second kappa shape index (κ2) is 5.04. The summed E-state index contributed by atoms with van der Waals surface area (Å²) in [6.45, 7) is 3.94. The van der Waals surface area contributed by atoms with Gasteiger partial charge in [-0.25, -0.2) is 9.97 Å². The van der Waals surface area contributed by atoms with Gasteiger partial charge in [-0.1, -0.05) is 12.1 Å². The molecule has 0 unspecified atom stereocenters. The molecular formula is C19H16N6. The SMILES string of the molecule is Cc1cc(-c2nc3cc(-c4ccc5nc(C)[nH]c5c4)ccc3[nH]2)n[nH]1. The topological polar surface area (TPSA) is 86.0 Å². The fourth-order valence-corrected chi connectivity index (χ4v) is 3.16. The van der Waals surface area contributed by atoms with Crippen LogP contribution in [0.2, 0.25) is 0 Å². The van der Waals surface area contributed by atoms with E-state index in [0.29, 0.717) is 0 Å². The Morgan fingerprint density at radius 3 is 2.44 bits per heavy atom. The van der Waals surface area contributed by atoms with E-state index in [0.717, 1.165) is 56.2 Å². The number of fused-ring (bicyclic) bond motifs is 2. The molecule has 0 amide bonds. The summed E-state index contributed by atoms with van der Waals surface area (Å²) in [6, 6.07) is 14.5. The Morgan fingerprint density at radius 1 is 0.760 bits per heavy atom. The van der Waals surface area contributed by atoms with E-state index in [1.165, 1.54) is 0 Å². The molecule has 2 aromatic carbocycles. The minimum absolute atomic E-state index is 0.774. The molecule has 0 bridgehead atoms. The Kier molecular flexibility index (Phi) is 2.82. The van der Waals surface area contributed by atoms with Crippen LogP contribution in [0, 0.1) is 13.8 Å². The molecule has 3 heterocycles. The fraction of sp³-hybridized carbons (Fsp3) is 0.105. The van der Waals surface area contributed by atoms with E-state index in [2.05, 4.69) is 55.5 Å². The molecule has 122 valence electrons. The van der Waals surface area contributed by atoms with Crippen molar-refractivity contribution >= 4 is 22.1 Å². The average molecular weight is 328 g/mol. The van der Waals surface area contributed by atoms with Crippen LogP contribution in [0.4, 0.5) is 0 Å². The van der Waals surface area contributed by atoms with Crippen LogP contribution < -0.4 is 0 Å². The number of H-pyrrole nitrogens is 3. The Morgan fingerprint density at radius 2 is 1.60 bits per heavy atom. The standard InChI is InChI=1S/C19H16N6/c1-10-7-18(25-24-10)19-22-15-6-4-13(9-17(15)23-19)12-3-5-14-16(8-12)21-11(2)20-14/h3-9H,1-2H3,(H,20,21)(H,22,23)(H,24,25). The number of rotatable bonds is 2. The van der Waals surface area contributed by atoms with Gasteiger partial charge in [0.15, 0.2) is 5.82 Å². The number of aromatic amines is 3. The molecule has 0 fully saturated rings. The van der Waals surface area contributed by atoms with Crippen LogP contribution in [0.25, 0.3) is 44.7 Å². The van der Waals surface area contributed by atoms with Crippen molar-refractivity contribution in [2.75, 3.05) is 0 Å². The number of benzene rings is 2. The second-order valence-corrected chi connectivity index (χ2v) is 6.31. The molecule has 0 atom stereocenters. The monoisotopic (exact) mass is 328 g/mol. The summed E-state index contributed by atoms with van der Waals surface area (Å²) in [5.41, 5.74) is 8.05.